The van der Waals surface area contributed by atoms with Gasteiger partial charge in [-0.2, -0.15) is 0 Å². The number of amides is 2. The molecule has 0 saturated carbocycles. The molecule has 0 atom stereocenters. The number of hydrogen-bond acceptors (Lipinski definition) is 4. The molecule has 0 aromatic heterocycles. The van der Waals surface area contributed by atoms with Gasteiger partial charge < -0.3 is 9.80 Å². The van der Waals surface area contributed by atoms with Crippen LogP contribution in [0.3, 0.4) is 0 Å². The van der Waals surface area contributed by atoms with Crippen LogP contribution in [-0.2, 0) is 0 Å². The second-order valence-corrected chi connectivity index (χ2v) is 7.51. The van der Waals surface area contributed by atoms with Gasteiger partial charge in [0, 0.05) is 49.2 Å². The lowest BCUT2D eigenvalue weighted by atomic mass is 9.94. The average Bonchev–Trinajstić information content (AvgIpc) is 2.70. The Kier molecular flexibility index (Phi) is 5.23. The van der Waals surface area contributed by atoms with Gasteiger partial charge in [-0.1, -0.05) is 31.2 Å². The van der Waals surface area contributed by atoms with Gasteiger partial charge in [-0.25, -0.2) is 0 Å². The summed E-state index contributed by atoms with van der Waals surface area (Å²) >= 11 is 0. The fraction of sp³-hybridized carbons (Fsp3) is 0.455. The molecule has 2 aliphatic heterocycles. The number of carbonyl (C=O) groups is 2. The quantitative estimate of drug-likeness (QED) is 0.739. The van der Waals surface area contributed by atoms with Crippen molar-refractivity contribution in [3.05, 3.63) is 47.5 Å². The molecule has 2 aromatic rings. The first kappa shape index (κ1) is 18.1. The number of nitrogens with zero attached hydrogens (tertiary/aromatic N) is 3. The highest BCUT2D eigenvalue weighted by atomic mass is 16.2. The molecule has 0 spiro atoms. The summed E-state index contributed by atoms with van der Waals surface area (Å²) in [5.41, 5.74) is 1.30. The molecule has 27 heavy (non-hydrogen) atoms. The number of carbonyl (C=O) groups excluding carboxylic acids is 2. The molecule has 4 rings (SSSR count). The van der Waals surface area contributed by atoms with E-state index in [0.717, 1.165) is 49.9 Å². The highest BCUT2D eigenvalue weighted by molar-refractivity contribution is 6.25. The molecule has 1 fully saturated rings. The van der Waals surface area contributed by atoms with E-state index >= 15 is 0 Å². The van der Waals surface area contributed by atoms with Gasteiger partial charge in [-0.3, -0.25) is 14.5 Å². The number of benzene rings is 2. The summed E-state index contributed by atoms with van der Waals surface area (Å²) in [5.74, 6) is -0.311. The van der Waals surface area contributed by atoms with Crippen molar-refractivity contribution < 1.29 is 9.59 Å². The largest absolute Gasteiger partial charge is 0.301 e. The molecule has 2 heterocycles. The van der Waals surface area contributed by atoms with Gasteiger partial charge in [-0.15, -0.1) is 0 Å². The summed E-state index contributed by atoms with van der Waals surface area (Å²) < 4.78 is 0. The second kappa shape index (κ2) is 7.79. The minimum atomic E-state index is -0.155. The normalized spacial score (nSPS) is 18.5. The van der Waals surface area contributed by atoms with Crippen LogP contribution in [0.4, 0.5) is 0 Å². The van der Waals surface area contributed by atoms with Crippen LogP contribution in [-0.4, -0.2) is 72.3 Å². The summed E-state index contributed by atoms with van der Waals surface area (Å²) in [6.45, 7) is 9.19. The van der Waals surface area contributed by atoms with E-state index in [2.05, 4.69) is 16.7 Å². The summed E-state index contributed by atoms with van der Waals surface area (Å²) in [5, 5.41) is 1.76. The molecule has 0 radical (unpaired) electrons. The van der Waals surface area contributed by atoms with E-state index in [1.54, 1.807) is 0 Å². The van der Waals surface area contributed by atoms with Crippen LogP contribution in [0, 0.1) is 0 Å². The van der Waals surface area contributed by atoms with Gasteiger partial charge in [-0.05, 0) is 43.5 Å². The van der Waals surface area contributed by atoms with Crippen LogP contribution in [0.2, 0.25) is 0 Å². The maximum Gasteiger partial charge on any atom is 0.261 e. The zero-order valence-corrected chi connectivity index (χ0v) is 16.0. The number of rotatable bonds is 6. The summed E-state index contributed by atoms with van der Waals surface area (Å²) in [6, 6.07) is 11.4. The van der Waals surface area contributed by atoms with Crippen molar-refractivity contribution in [2.24, 2.45) is 0 Å². The standard InChI is InChI=1S/C22H27N3O2/c1-2-10-23-13-15-24(16-14-23)11-5-12-25-21(26)18-8-3-6-17-7-4-9-19(20(17)18)22(25)27/h3-4,6-9H,2,5,10-16H2,1H3. The molecular weight excluding hydrogens is 338 g/mol. The van der Waals surface area contributed by atoms with E-state index in [1.807, 2.05) is 36.4 Å². The molecule has 0 bridgehead atoms. The second-order valence-electron chi connectivity index (χ2n) is 7.51. The zero-order chi connectivity index (χ0) is 18.8. The van der Waals surface area contributed by atoms with Crippen molar-refractivity contribution in [3.63, 3.8) is 0 Å². The maximum absolute atomic E-state index is 12.9. The van der Waals surface area contributed by atoms with Crippen molar-refractivity contribution in [3.8, 4) is 0 Å². The van der Waals surface area contributed by atoms with Crippen molar-refractivity contribution in [2.75, 3.05) is 45.8 Å². The molecule has 1 saturated heterocycles. The van der Waals surface area contributed by atoms with Crippen LogP contribution < -0.4 is 0 Å². The average molecular weight is 365 g/mol. The zero-order valence-electron chi connectivity index (χ0n) is 16.0. The smallest absolute Gasteiger partial charge is 0.261 e. The van der Waals surface area contributed by atoms with Crippen molar-refractivity contribution >= 4 is 22.6 Å². The van der Waals surface area contributed by atoms with E-state index in [1.165, 1.54) is 17.9 Å². The Morgan fingerprint density at radius 3 is 1.89 bits per heavy atom. The van der Waals surface area contributed by atoms with Crippen LogP contribution in [0.5, 0.6) is 0 Å². The fourth-order valence-corrected chi connectivity index (χ4v) is 4.29. The Labute approximate surface area is 160 Å². The molecule has 2 aromatic carbocycles. The Morgan fingerprint density at radius 1 is 0.778 bits per heavy atom. The summed E-state index contributed by atoms with van der Waals surface area (Å²) in [4.78, 5) is 32.2. The van der Waals surface area contributed by atoms with Crippen LogP contribution in [0.15, 0.2) is 36.4 Å². The molecule has 0 N–H and O–H groups in total. The first-order chi connectivity index (χ1) is 13.2. The Hall–Kier alpha value is -2.24. The highest BCUT2D eigenvalue weighted by Crippen LogP contribution is 2.29. The minimum Gasteiger partial charge on any atom is -0.301 e. The van der Waals surface area contributed by atoms with E-state index < -0.39 is 0 Å². The third kappa shape index (κ3) is 3.49. The van der Waals surface area contributed by atoms with Gasteiger partial charge >= 0.3 is 0 Å². The third-order valence-electron chi connectivity index (χ3n) is 5.72. The third-order valence-corrected chi connectivity index (χ3v) is 5.72. The van der Waals surface area contributed by atoms with Crippen LogP contribution in [0.1, 0.15) is 40.5 Å². The van der Waals surface area contributed by atoms with Gasteiger partial charge in [0.05, 0.1) is 0 Å². The van der Waals surface area contributed by atoms with E-state index in [-0.39, 0.29) is 11.8 Å². The van der Waals surface area contributed by atoms with E-state index in [0.29, 0.717) is 17.7 Å². The van der Waals surface area contributed by atoms with Gasteiger partial charge in [0.15, 0.2) is 0 Å². The first-order valence-corrected chi connectivity index (χ1v) is 10.0. The molecule has 2 amide bonds. The molecular formula is C22H27N3O2. The van der Waals surface area contributed by atoms with Crippen molar-refractivity contribution in [1.82, 2.24) is 14.7 Å². The molecule has 142 valence electrons. The van der Waals surface area contributed by atoms with Crippen molar-refractivity contribution in [2.45, 2.75) is 19.8 Å². The SMILES string of the molecule is CCCN1CCN(CCCN2C(=O)c3cccc4cccc(c34)C2=O)CC1. The molecule has 2 aliphatic rings. The first-order valence-electron chi connectivity index (χ1n) is 10.0. The number of piperazine rings is 1. The van der Waals surface area contributed by atoms with Gasteiger partial charge in [0.1, 0.15) is 0 Å². The molecule has 0 aliphatic carbocycles. The Bertz CT molecular complexity index is 805. The molecule has 5 heteroatoms. The highest BCUT2D eigenvalue weighted by Gasteiger charge is 2.32. The van der Waals surface area contributed by atoms with Crippen LogP contribution >= 0.6 is 0 Å². The van der Waals surface area contributed by atoms with Gasteiger partial charge in [0.25, 0.3) is 11.8 Å². The Morgan fingerprint density at radius 2 is 1.33 bits per heavy atom. The minimum absolute atomic E-state index is 0.155. The number of imide groups is 1. The van der Waals surface area contributed by atoms with Crippen molar-refractivity contribution in [1.29, 1.82) is 0 Å². The molecule has 5 nitrogen and oxygen atoms in total. The number of hydrogen-bond donors (Lipinski definition) is 0. The summed E-state index contributed by atoms with van der Waals surface area (Å²) in [6.07, 6.45) is 2.02. The monoisotopic (exact) mass is 365 g/mol. The van der Waals surface area contributed by atoms with E-state index in [4.69, 9.17) is 0 Å². The Balaban J connectivity index is 1.39. The van der Waals surface area contributed by atoms with Crippen LogP contribution in [0.25, 0.3) is 10.8 Å². The lowest BCUT2D eigenvalue weighted by Gasteiger charge is -2.35. The predicted octanol–water partition coefficient (Wildman–Crippen LogP) is 2.85. The lowest BCUT2D eigenvalue weighted by Crippen LogP contribution is -2.47. The lowest BCUT2D eigenvalue weighted by molar-refractivity contribution is 0.0598. The molecule has 0 unspecified atom stereocenters. The fourth-order valence-electron chi connectivity index (χ4n) is 4.29. The van der Waals surface area contributed by atoms with E-state index in [9.17, 15) is 9.59 Å². The summed E-state index contributed by atoms with van der Waals surface area (Å²) in [7, 11) is 0. The maximum atomic E-state index is 12.9. The van der Waals surface area contributed by atoms with Gasteiger partial charge in [0.2, 0.25) is 0 Å². The topological polar surface area (TPSA) is 43.9 Å². The predicted molar refractivity (Wildman–Crippen MR) is 107 cm³/mol.